The van der Waals surface area contributed by atoms with E-state index in [1.807, 2.05) is 0 Å². The number of rotatable bonds is 4. The average Bonchev–Trinajstić information content (AvgIpc) is 2.55. The van der Waals surface area contributed by atoms with Crippen LogP contribution in [0, 0.1) is 5.92 Å². The molecule has 112 valence electrons. The Balaban J connectivity index is 1.87. The summed E-state index contributed by atoms with van der Waals surface area (Å²) in [6, 6.07) is 12.6. The van der Waals surface area contributed by atoms with Gasteiger partial charge in [-0.1, -0.05) is 50.1 Å². The third-order valence-corrected chi connectivity index (χ3v) is 4.80. The minimum atomic E-state index is 0.371. The van der Waals surface area contributed by atoms with Crippen LogP contribution in [0.2, 0.25) is 0 Å². The van der Waals surface area contributed by atoms with E-state index in [1.54, 1.807) is 0 Å². The van der Waals surface area contributed by atoms with E-state index >= 15 is 0 Å². The van der Waals surface area contributed by atoms with Crippen LogP contribution in [0.5, 0.6) is 5.75 Å². The van der Waals surface area contributed by atoms with E-state index in [0.29, 0.717) is 12.6 Å². The van der Waals surface area contributed by atoms with Gasteiger partial charge in [0.05, 0.1) is 6.10 Å². The number of nitrogens with two attached hydrogens (primary N) is 1. The van der Waals surface area contributed by atoms with E-state index in [1.165, 1.54) is 48.4 Å². The molecule has 0 radical (unpaired) electrons. The number of fused-ring (bicyclic) bond motifs is 1. The third-order valence-electron chi connectivity index (χ3n) is 4.80. The van der Waals surface area contributed by atoms with Gasteiger partial charge in [0.25, 0.3) is 0 Å². The van der Waals surface area contributed by atoms with Gasteiger partial charge < -0.3 is 10.5 Å². The van der Waals surface area contributed by atoms with Crippen LogP contribution in [0.15, 0.2) is 36.4 Å². The van der Waals surface area contributed by atoms with Crippen LogP contribution in [0.4, 0.5) is 0 Å². The Bertz CT molecular complexity index is 608. The van der Waals surface area contributed by atoms with Crippen molar-refractivity contribution in [3.63, 3.8) is 0 Å². The zero-order chi connectivity index (χ0) is 14.7. The highest BCUT2D eigenvalue weighted by Crippen LogP contribution is 2.33. The topological polar surface area (TPSA) is 35.2 Å². The zero-order valence-electron chi connectivity index (χ0n) is 12.8. The van der Waals surface area contributed by atoms with Gasteiger partial charge in [-0.3, -0.25) is 0 Å². The maximum Gasteiger partial charge on any atom is 0.127 e. The highest BCUT2D eigenvalue weighted by molar-refractivity contribution is 5.91. The fourth-order valence-electron chi connectivity index (χ4n) is 3.51. The minimum Gasteiger partial charge on any atom is -0.490 e. The lowest BCUT2D eigenvalue weighted by atomic mass is 9.85. The molecule has 2 unspecified atom stereocenters. The van der Waals surface area contributed by atoms with Gasteiger partial charge in [-0.15, -0.1) is 0 Å². The monoisotopic (exact) mass is 283 g/mol. The summed E-state index contributed by atoms with van der Waals surface area (Å²) in [5, 5.41) is 2.42. The van der Waals surface area contributed by atoms with Crippen molar-refractivity contribution in [1.29, 1.82) is 0 Å². The first kappa shape index (κ1) is 14.4. The van der Waals surface area contributed by atoms with Gasteiger partial charge in [0.2, 0.25) is 0 Å². The summed E-state index contributed by atoms with van der Waals surface area (Å²) in [5.41, 5.74) is 7.03. The molecule has 3 rings (SSSR count). The van der Waals surface area contributed by atoms with Gasteiger partial charge in [-0.25, -0.2) is 0 Å². The predicted octanol–water partition coefficient (Wildman–Crippen LogP) is 4.65. The second-order valence-corrected chi connectivity index (χ2v) is 6.15. The molecule has 2 aromatic carbocycles. The molecule has 2 aromatic rings. The van der Waals surface area contributed by atoms with E-state index in [2.05, 4.69) is 43.3 Å². The number of hydrogen-bond donors (Lipinski definition) is 1. The van der Waals surface area contributed by atoms with Crippen molar-refractivity contribution >= 4 is 10.8 Å². The average molecular weight is 283 g/mol. The van der Waals surface area contributed by atoms with Gasteiger partial charge in [0, 0.05) is 11.9 Å². The Morgan fingerprint density at radius 2 is 1.90 bits per heavy atom. The molecule has 2 atom stereocenters. The lowest BCUT2D eigenvalue weighted by Crippen LogP contribution is -2.25. The van der Waals surface area contributed by atoms with Gasteiger partial charge in [-0.05, 0) is 42.2 Å². The van der Waals surface area contributed by atoms with Gasteiger partial charge >= 0.3 is 0 Å². The Labute approximate surface area is 127 Å². The molecule has 0 saturated heterocycles. The molecule has 0 aromatic heterocycles. The Morgan fingerprint density at radius 1 is 1.10 bits per heavy atom. The van der Waals surface area contributed by atoms with E-state index in [9.17, 15) is 0 Å². The number of benzene rings is 2. The molecular weight excluding hydrogens is 258 g/mol. The maximum atomic E-state index is 6.36. The highest BCUT2D eigenvalue weighted by Gasteiger charge is 2.22. The minimum absolute atomic E-state index is 0.371. The molecular formula is C19H25NO. The Kier molecular flexibility index (Phi) is 4.45. The standard InChI is InChI=1S/C19H25NO/c1-2-14-6-5-7-16(12-14)21-19-11-10-15(13-20)17-8-3-4-9-18(17)19/h3-4,8-11,14,16H,2,5-7,12-13,20H2,1H3. The van der Waals surface area contributed by atoms with E-state index in [-0.39, 0.29) is 0 Å². The lowest BCUT2D eigenvalue weighted by Gasteiger charge is -2.29. The molecule has 1 aliphatic rings. The normalized spacial score (nSPS) is 22.4. The van der Waals surface area contributed by atoms with Crippen LogP contribution in [-0.4, -0.2) is 6.10 Å². The quantitative estimate of drug-likeness (QED) is 0.886. The van der Waals surface area contributed by atoms with Crippen molar-refractivity contribution < 1.29 is 4.74 Å². The van der Waals surface area contributed by atoms with Gasteiger partial charge in [-0.2, -0.15) is 0 Å². The molecule has 0 bridgehead atoms. The Hall–Kier alpha value is -1.54. The third kappa shape index (κ3) is 3.06. The summed E-state index contributed by atoms with van der Waals surface area (Å²) in [7, 11) is 0. The summed E-state index contributed by atoms with van der Waals surface area (Å²) in [5.74, 6) is 1.85. The van der Waals surface area contributed by atoms with E-state index in [0.717, 1.165) is 11.7 Å². The van der Waals surface area contributed by atoms with E-state index < -0.39 is 0 Å². The van der Waals surface area contributed by atoms with Crippen LogP contribution in [-0.2, 0) is 6.54 Å². The fourth-order valence-corrected chi connectivity index (χ4v) is 3.51. The molecule has 0 amide bonds. The van der Waals surface area contributed by atoms with Gasteiger partial charge in [0.1, 0.15) is 5.75 Å². The molecule has 0 heterocycles. The first-order chi connectivity index (χ1) is 10.3. The lowest BCUT2D eigenvalue weighted by molar-refractivity contribution is 0.123. The van der Waals surface area contributed by atoms with Crippen LogP contribution in [0.1, 0.15) is 44.6 Å². The van der Waals surface area contributed by atoms with Crippen molar-refractivity contribution in [2.75, 3.05) is 0 Å². The van der Waals surface area contributed by atoms with Crippen molar-refractivity contribution in [3.8, 4) is 5.75 Å². The molecule has 0 aliphatic heterocycles. The van der Waals surface area contributed by atoms with Gasteiger partial charge in [0.15, 0.2) is 0 Å². The van der Waals surface area contributed by atoms with Crippen LogP contribution in [0.25, 0.3) is 10.8 Å². The van der Waals surface area contributed by atoms with Crippen LogP contribution >= 0.6 is 0 Å². The molecule has 1 aliphatic carbocycles. The molecule has 21 heavy (non-hydrogen) atoms. The largest absolute Gasteiger partial charge is 0.490 e. The first-order valence-electron chi connectivity index (χ1n) is 8.19. The van der Waals surface area contributed by atoms with Crippen molar-refractivity contribution in [3.05, 3.63) is 42.0 Å². The predicted molar refractivity (Wildman–Crippen MR) is 88.5 cm³/mol. The summed E-state index contributed by atoms with van der Waals surface area (Å²) in [4.78, 5) is 0. The SMILES string of the molecule is CCC1CCCC(Oc2ccc(CN)c3ccccc23)C1. The van der Waals surface area contributed by atoms with Crippen molar-refractivity contribution in [1.82, 2.24) is 0 Å². The molecule has 2 N–H and O–H groups in total. The summed E-state index contributed by atoms with van der Waals surface area (Å²) in [6.45, 7) is 2.86. The summed E-state index contributed by atoms with van der Waals surface area (Å²) in [6.07, 6.45) is 6.68. The number of hydrogen-bond acceptors (Lipinski definition) is 2. The summed E-state index contributed by atoms with van der Waals surface area (Å²) >= 11 is 0. The molecule has 1 saturated carbocycles. The van der Waals surface area contributed by atoms with E-state index in [4.69, 9.17) is 10.5 Å². The summed E-state index contributed by atoms with van der Waals surface area (Å²) < 4.78 is 6.36. The molecule has 2 heteroatoms. The van der Waals surface area contributed by atoms with Crippen LogP contribution in [0.3, 0.4) is 0 Å². The second kappa shape index (κ2) is 6.48. The van der Waals surface area contributed by atoms with Crippen molar-refractivity contribution in [2.45, 2.75) is 51.7 Å². The zero-order valence-corrected chi connectivity index (χ0v) is 12.8. The molecule has 1 fully saturated rings. The van der Waals surface area contributed by atoms with Crippen molar-refractivity contribution in [2.24, 2.45) is 11.7 Å². The Morgan fingerprint density at radius 3 is 2.67 bits per heavy atom. The maximum absolute atomic E-state index is 6.36. The fraction of sp³-hybridized carbons (Fsp3) is 0.474. The molecule has 0 spiro atoms. The smallest absolute Gasteiger partial charge is 0.127 e. The highest BCUT2D eigenvalue weighted by atomic mass is 16.5. The number of ether oxygens (including phenoxy) is 1. The molecule has 2 nitrogen and oxygen atoms in total. The second-order valence-electron chi connectivity index (χ2n) is 6.15. The first-order valence-corrected chi connectivity index (χ1v) is 8.19. The van der Waals surface area contributed by atoms with Crippen LogP contribution < -0.4 is 10.5 Å².